The standard InChI is InChI=1S/C46H63F3N6O4/c1-33(27-52-22-24-59-25-23-52)43(56)55-30-38(31-55)46(48,49)36-10-12-40(13-11-36)54-21-14-34(29-54)28-51-19-15-35(16-20-51)45(32-53-17-5-18-53,37-6-3-7-39(47)26-37)41-8-4-9-42(41)50-44(57)58-2/h3,6-7,10-13,26,34-35,38,41-42H,1,4-5,8-9,14-25,27-32H2,2H3,(H,50,57)/t34-,41-,42-,45-/m0/s1. The molecule has 0 bridgehead atoms. The summed E-state index contributed by atoms with van der Waals surface area (Å²) in [7, 11) is 1.42. The number of nitrogens with one attached hydrogen (secondary N) is 1. The highest BCUT2D eigenvalue weighted by Crippen LogP contribution is 2.52. The van der Waals surface area contributed by atoms with E-state index >= 15 is 13.2 Å². The Morgan fingerprint density at radius 1 is 0.831 bits per heavy atom. The number of carbonyl (C=O) groups excluding carboxylic acids is 2. The molecule has 6 aliphatic rings. The monoisotopic (exact) mass is 820 g/mol. The summed E-state index contributed by atoms with van der Waals surface area (Å²) in [5, 5.41) is 3.19. The fraction of sp³-hybridized carbons (Fsp3) is 0.652. The fourth-order valence-electron chi connectivity index (χ4n) is 11.3. The number of benzene rings is 2. The molecule has 4 atom stereocenters. The van der Waals surface area contributed by atoms with E-state index < -0.39 is 17.9 Å². The van der Waals surface area contributed by atoms with Gasteiger partial charge in [0.25, 0.3) is 11.8 Å². The molecule has 1 saturated carbocycles. The number of rotatable bonds is 14. The molecule has 10 nitrogen and oxygen atoms in total. The van der Waals surface area contributed by atoms with Crippen molar-refractivity contribution in [1.29, 1.82) is 0 Å². The van der Waals surface area contributed by atoms with Crippen LogP contribution >= 0.6 is 0 Å². The zero-order chi connectivity index (χ0) is 41.1. The van der Waals surface area contributed by atoms with Crippen molar-refractivity contribution in [1.82, 2.24) is 24.9 Å². The van der Waals surface area contributed by atoms with Crippen molar-refractivity contribution in [2.45, 2.75) is 62.3 Å². The third-order valence-electron chi connectivity index (χ3n) is 14.7. The molecule has 6 fully saturated rings. The third-order valence-corrected chi connectivity index (χ3v) is 14.7. The van der Waals surface area contributed by atoms with Gasteiger partial charge in [-0.15, -0.1) is 0 Å². The zero-order valence-electron chi connectivity index (χ0n) is 34.8. The van der Waals surface area contributed by atoms with Gasteiger partial charge in [0.2, 0.25) is 0 Å². The number of nitrogens with zero attached hydrogens (tertiary/aromatic N) is 5. The average Bonchev–Trinajstić information content (AvgIpc) is 3.88. The van der Waals surface area contributed by atoms with E-state index in [1.54, 1.807) is 18.2 Å². The van der Waals surface area contributed by atoms with Crippen molar-refractivity contribution in [3.05, 3.63) is 77.6 Å². The molecule has 5 heterocycles. The van der Waals surface area contributed by atoms with Gasteiger partial charge in [-0.2, -0.15) is 0 Å². The minimum Gasteiger partial charge on any atom is -0.453 e. The van der Waals surface area contributed by atoms with Gasteiger partial charge < -0.3 is 34.4 Å². The Morgan fingerprint density at radius 3 is 2.25 bits per heavy atom. The lowest BCUT2D eigenvalue weighted by molar-refractivity contribution is -0.153. The first-order valence-corrected chi connectivity index (χ1v) is 22.1. The van der Waals surface area contributed by atoms with Crippen LogP contribution in [0.25, 0.3) is 0 Å². The number of alkyl carbamates (subject to hydrolysis) is 1. The second-order valence-corrected chi connectivity index (χ2v) is 18.2. The predicted molar refractivity (Wildman–Crippen MR) is 222 cm³/mol. The van der Waals surface area contributed by atoms with Crippen LogP contribution in [0.4, 0.5) is 23.7 Å². The molecule has 0 unspecified atom stereocenters. The third kappa shape index (κ3) is 9.04. The van der Waals surface area contributed by atoms with E-state index in [0.717, 1.165) is 115 Å². The summed E-state index contributed by atoms with van der Waals surface area (Å²) in [4.78, 5) is 36.5. The number of morpholine rings is 1. The van der Waals surface area contributed by atoms with Gasteiger partial charge >= 0.3 is 6.09 Å². The Bertz CT molecular complexity index is 1780. The Balaban J connectivity index is 0.860. The van der Waals surface area contributed by atoms with Gasteiger partial charge in [0.1, 0.15) is 5.82 Å². The van der Waals surface area contributed by atoms with Crippen molar-refractivity contribution in [3.8, 4) is 0 Å². The highest BCUT2D eigenvalue weighted by Gasteiger charge is 2.53. The molecule has 322 valence electrons. The first kappa shape index (κ1) is 42.1. The zero-order valence-corrected chi connectivity index (χ0v) is 34.8. The van der Waals surface area contributed by atoms with Crippen LogP contribution in [0.1, 0.15) is 56.1 Å². The summed E-state index contributed by atoms with van der Waals surface area (Å²) in [6, 6.07) is 14.0. The Labute approximate surface area is 348 Å². The first-order chi connectivity index (χ1) is 28.5. The maximum Gasteiger partial charge on any atom is 0.407 e. The van der Waals surface area contributed by atoms with Gasteiger partial charge in [-0.25, -0.2) is 18.0 Å². The minimum absolute atomic E-state index is 0.00228. The summed E-state index contributed by atoms with van der Waals surface area (Å²) in [6.07, 6.45) is 6.75. The smallest absolute Gasteiger partial charge is 0.407 e. The molecular formula is C46H63F3N6O4. The molecule has 13 heteroatoms. The second kappa shape index (κ2) is 18.1. The van der Waals surface area contributed by atoms with Gasteiger partial charge in [-0.05, 0) is 112 Å². The lowest BCUT2D eigenvalue weighted by Gasteiger charge is -2.53. The summed E-state index contributed by atoms with van der Waals surface area (Å²) in [5.41, 5.74) is 2.17. The maximum absolute atomic E-state index is 15.7. The van der Waals surface area contributed by atoms with E-state index in [-0.39, 0.29) is 47.8 Å². The molecule has 5 aliphatic heterocycles. The number of alkyl halides is 2. The number of hydrogen-bond donors (Lipinski definition) is 1. The summed E-state index contributed by atoms with van der Waals surface area (Å²) in [5.74, 6) is -3.40. The number of carbonyl (C=O) groups is 2. The lowest BCUT2D eigenvalue weighted by atomic mass is 9.57. The second-order valence-electron chi connectivity index (χ2n) is 18.2. The van der Waals surface area contributed by atoms with Crippen LogP contribution in [0.5, 0.6) is 0 Å². The molecule has 2 amide bonds. The molecule has 2 aromatic carbocycles. The van der Waals surface area contributed by atoms with Gasteiger partial charge in [-0.3, -0.25) is 9.69 Å². The van der Waals surface area contributed by atoms with Gasteiger partial charge in [0, 0.05) is 87.2 Å². The molecule has 1 N–H and O–H groups in total. The van der Waals surface area contributed by atoms with Gasteiger partial charge in [0.15, 0.2) is 0 Å². The van der Waals surface area contributed by atoms with Crippen LogP contribution in [0.15, 0.2) is 60.7 Å². The molecule has 0 spiro atoms. The molecule has 1 aliphatic carbocycles. The summed E-state index contributed by atoms with van der Waals surface area (Å²) in [6.45, 7) is 14.8. The van der Waals surface area contributed by atoms with E-state index in [1.165, 1.54) is 24.5 Å². The number of piperidine rings is 1. The summed E-state index contributed by atoms with van der Waals surface area (Å²) < 4.78 is 56.8. The molecule has 5 saturated heterocycles. The summed E-state index contributed by atoms with van der Waals surface area (Å²) >= 11 is 0. The van der Waals surface area contributed by atoms with Crippen molar-refractivity contribution in [2.75, 3.05) is 110 Å². The highest BCUT2D eigenvalue weighted by molar-refractivity contribution is 5.93. The van der Waals surface area contributed by atoms with Crippen molar-refractivity contribution < 1.29 is 32.2 Å². The van der Waals surface area contributed by atoms with Crippen LogP contribution in [-0.4, -0.2) is 143 Å². The van der Waals surface area contributed by atoms with Crippen LogP contribution < -0.4 is 10.2 Å². The van der Waals surface area contributed by atoms with Gasteiger partial charge in [-0.1, -0.05) is 37.3 Å². The normalized spacial score (nSPS) is 26.3. The Morgan fingerprint density at radius 2 is 1.58 bits per heavy atom. The van der Waals surface area contributed by atoms with E-state index in [1.807, 2.05) is 18.2 Å². The van der Waals surface area contributed by atoms with E-state index in [2.05, 4.69) is 37.6 Å². The largest absolute Gasteiger partial charge is 0.453 e. The lowest BCUT2D eigenvalue weighted by Crippen LogP contribution is -2.59. The van der Waals surface area contributed by atoms with Crippen LogP contribution in [-0.2, 0) is 25.6 Å². The SMILES string of the molecule is C=C(CN1CCOCC1)C(=O)N1CC(C(F)(F)c2ccc(N3CC[C@@H](CN4CCC([C@@](CN5CCC5)(c5cccc(F)c5)[C@H]5CCC[C@@H]5NC(=O)OC)CC4)C3)cc2)C1. The Hall–Kier alpha value is -3.65. The van der Waals surface area contributed by atoms with Crippen LogP contribution in [0, 0.1) is 29.5 Å². The molecule has 2 aromatic rings. The molecule has 0 aromatic heterocycles. The molecule has 8 rings (SSSR count). The van der Waals surface area contributed by atoms with Crippen molar-refractivity contribution in [3.63, 3.8) is 0 Å². The minimum atomic E-state index is -3.03. The number of likely N-dealkylation sites (tertiary alicyclic amines) is 3. The number of methoxy groups -OCH3 is 1. The molecular weight excluding hydrogens is 758 g/mol. The number of halogens is 3. The van der Waals surface area contributed by atoms with Crippen molar-refractivity contribution >= 4 is 17.7 Å². The quantitative estimate of drug-likeness (QED) is 0.234. The highest BCUT2D eigenvalue weighted by atomic mass is 19.3. The maximum atomic E-state index is 15.7. The van der Waals surface area contributed by atoms with Crippen LogP contribution in [0.2, 0.25) is 0 Å². The topological polar surface area (TPSA) is 80.8 Å². The predicted octanol–water partition coefficient (Wildman–Crippen LogP) is 5.97. The average molecular weight is 821 g/mol. The Kier molecular flexibility index (Phi) is 12.9. The number of hydrogen-bond acceptors (Lipinski definition) is 8. The number of anilines is 1. The first-order valence-electron chi connectivity index (χ1n) is 22.1. The van der Waals surface area contributed by atoms with E-state index in [9.17, 15) is 9.59 Å². The molecule has 59 heavy (non-hydrogen) atoms. The van der Waals surface area contributed by atoms with E-state index in [0.29, 0.717) is 37.2 Å². The van der Waals surface area contributed by atoms with Crippen LogP contribution in [0.3, 0.4) is 0 Å². The number of ether oxygens (including phenoxy) is 2. The van der Waals surface area contributed by atoms with Crippen molar-refractivity contribution in [2.24, 2.45) is 23.7 Å². The molecule has 0 radical (unpaired) electrons. The van der Waals surface area contributed by atoms with Gasteiger partial charge in [0.05, 0.1) is 26.2 Å². The van der Waals surface area contributed by atoms with E-state index in [4.69, 9.17) is 9.47 Å². The fourth-order valence-corrected chi connectivity index (χ4v) is 11.3. The number of amides is 2.